The fourth-order valence-electron chi connectivity index (χ4n) is 1.84. The lowest BCUT2D eigenvalue weighted by Crippen LogP contribution is -2.09. The number of halogens is 2. The molecule has 0 aliphatic rings. The molecule has 0 spiro atoms. The Balaban J connectivity index is 2.33. The Morgan fingerprint density at radius 1 is 1.00 bits per heavy atom. The van der Waals surface area contributed by atoms with Crippen LogP contribution in [0.15, 0.2) is 42.5 Å². The molecule has 2 aromatic rings. The van der Waals surface area contributed by atoms with E-state index in [2.05, 4.69) is 0 Å². The van der Waals surface area contributed by atoms with Crippen LogP contribution in [0.25, 0.3) is 0 Å². The van der Waals surface area contributed by atoms with E-state index in [0.29, 0.717) is 35.1 Å². The van der Waals surface area contributed by atoms with Crippen molar-refractivity contribution in [2.45, 2.75) is 0 Å². The highest BCUT2D eigenvalue weighted by molar-refractivity contribution is 6.44. The first kappa shape index (κ1) is 15.8. The molecule has 0 saturated carbocycles. The molecule has 0 bridgehead atoms. The minimum atomic E-state index is -0.226. The Labute approximate surface area is 133 Å². The maximum atomic E-state index is 12.6. The van der Waals surface area contributed by atoms with Gasteiger partial charge in [-0.3, -0.25) is 4.79 Å². The molecule has 0 N–H and O–H groups in total. The van der Waals surface area contributed by atoms with E-state index in [9.17, 15) is 4.79 Å². The molecule has 0 atom stereocenters. The van der Waals surface area contributed by atoms with Crippen LogP contribution in [0.4, 0.5) is 0 Å². The summed E-state index contributed by atoms with van der Waals surface area (Å²) in [6.07, 6.45) is 0. The van der Waals surface area contributed by atoms with Crippen molar-refractivity contribution in [3.05, 3.63) is 63.6 Å². The quantitative estimate of drug-likeness (QED) is 0.588. The van der Waals surface area contributed by atoms with Crippen molar-refractivity contribution < 1.29 is 14.3 Å². The lowest BCUT2D eigenvalue weighted by atomic mass is 10.0. The highest BCUT2D eigenvalue weighted by atomic mass is 35.5. The van der Waals surface area contributed by atoms with Gasteiger partial charge in [-0.25, -0.2) is 0 Å². The van der Waals surface area contributed by atoms with Crippen LogP contribution in [0.1, 0.15) is 15.9 Å². The van der Waals surface area contributed by atoms with E-state index in [4.69, 9.17) is 32.7 Å². The van der Waals surface area contributed by atoms with Gasteiger partial charge in [-0.2, -0.15) is 0 Å². The van der Waals surface area contributed by atoms with Crippen molar-refractivity contribution in [3.63, 3.8) is 0 Å². The smallest absolute Gasteiger partial charge is 0.198 e. The molecule has 0 radical (unpaired) electrons. The molecule has 0 aliphatic heterocycles. The number of rotatable bonds is 6. The van der Waals surface area contributed by atoms with Gasteiger partial charge in [-0.05, 0) is 24.3 Å². The highest BCUT2D eigenvalue weighted by Crippen LogP contribution is 2.29. The molecule has 0 saturated heterocycles. The summed E-state index contributed by atoms with van der Waals surface area (Å²) in [6.45, 7) is 0.810. The summed E-state index contributed by atoms with van der Waals surface area (Å²) in [6, 6.07) is 12.0. The monoisotopic (exact) mass is 324 g/mol. The minimum absolute atomic E-state index is 0.226. The molecule has 0 heterocycles. The van der Waals surface area contributed by atoms with Crippen LogP contribution in [0.2, 0.25) is 10.0 Å². The second-order valence-corrected chi connectivity index (χ2v) is 5.05. The van der Waals surface area contributed by atoms with E-state index < -0.39 is 0 Å². The minimum Gasteiger partial charge on any atom is -0.490 e. The fourth-order valence-corrected chi connectivity index (χ4v) is 2.23. The van der Waals surface area contributed by atoms with Gasteiger partial charge in [-0.15, -0.1) is 0 Å². The molecular weight excluding hydrogens is 311 g/mol. The molecule has 5 heteroatoms. The van der Waals surface area contributed by atoms with E-state index in [1.54, 1.807) is 49.6 Å². The first-order chi connectivity index (χ1) is 10.1. The Hall–Kier alpha value is -1.55. The summed E-state index contributed by atoms with van der Waals surface area (Å²) in [7, 11) is 1.59. The fraction of sp³-hybridized carbons (Fsp3) is 0.188. The first-order valence-corrected chi connectivity index (χ1v) is 7.10. The Morgan fingerprint density at radius 2 is 1.71 bits per heavy atom. The van der Waals surface area contributed by atoms with Gasteiger partial charge in [0.2, 0.25) is 0 Å². The number of para-hydroxylation sites is 1. The number of benzene rings is 2. The average molecular weight is 325 g/mol. The lowest BCUT2D eigenvalue weighted by molar-refractivity contribution is 0.103. The average Bonchev–Trinajstić information content (AvgIpc) is 2.50. The second kappa shape index (κ2) is 7.46. The van der Waals surface area contributed by atoms with Crippen LogP contribution in [0.5, 0.6) is 5.75 Å². The van der Waals surface area contributed by atoms with Gasteiger partial charge in [0.05, 0.1) is 22.2 Å². The second-order valence-electron chi connectivity index (χ2n) is 4.27. The molecule has 0 aromatic heterocycles. The number of ether oxygens (including phenoxy) is 2. The third kappa shape index (κ3) is 3.76. The molecule has 21 heavy (non-hydrogen) atoms. The maximum Gasteiger partial charge on any atom is 0.198 e. The molecule has 3 nitrogen and oxygen atoms in total. The summed E-state index contributed by atoms with van der Waals surface area (Å²) in [5, 5.41) is 0.594. The van der Waals surface area contributed by atoms with Crippen molar-refractivity contribution in [3.8, 4) is 5.75 Å². The molecule has 0 unspecified atom stereocenters. The van der Waals surface area contributed by atoms with Crippen LogP contribution in [-0.4, -0.2) is 26.1 Å². The van der Waals surface area contributed by atoms with Crippen LogP contribution < -0.4 is 4.74 Å². The van der Waals surface area contributed by atoms with Crippen LogP contribution in [0, 0.1) is 0 Å². The van der Waals surface area contributed by atoms with Crippen LogP contribution in [0.3, 0.4) is 0 Å². The highest BCUT2D eigenvalue weighted by Gasteiger charge is 2.18. The van der Waals surface area contributed by atoms with Crippen molar-refractivity contribution in [2.24, 2.45) is 0 Å². The summed E-state index contributed by atoms with van der Waals surface area (Å²) in [5.41, 5.74) is 0.796. The van der Waals surface area contributed by atoms with Gasteiger partial charge >= 0.3 is 0 Å². The molecule has 2 rings (SSSR count). The molecule has 110 valence electrons. The molecular formula is C16H14Cl2O3. The predicted octanol–water partition coefficient (Wildman–Crippen LogP) is 4.25. The Bertz CT molecular complexity index is 641. The van der Waals surface area contributed by atoms with Gasteiger partial charge in [0.25, 0.3) is 0 Å². The standard InChI is InChI=1S/C16H14Cl2O3/c1-20-9-10-21-14-8-3-2-5-11(14)16(19)12-6-4-7-13(17)15(12)18/h2-8H,9-10H2,1H3. The van der Waals surface area contributed by atoms with Crippen molar-refractivity contribution in [1.29, 1.82) is 0 Å². The third-order valence-electron chi connectivity index (χ3n) is 2.87. The number of carbonyl (C=O) groups excluding carboxylic acids is 1. The normalized spacial score (nSPS) is 10.4. The number of methoxy groups -OCH3 is 1. The molecule has 0 amide bonds. The summed E-state index contributed by atoms with van der Waals surface area (Å²) in [5.74, 6) is 0.270. The maximum absolute atomic E-state index is 12.6. The zero-order valence-corrected chi connectivity index (χ0v) is 12.9. The Kier molecular flexibility index (Phi) is 5.62. The molecule has 2 aromatic carbocycles. The van der Waals surface area contributed by atoms with Gasteiger partial charge in [0.15, 0.2) is 5.78 Å². The lowest BCUT2D eigenvalue weighted by Gasteiger charge is -2.11. The number of carbonyl (C=O) groups is 1. The SMILES string of the molecule is COCCOc1ccccc1C(=O)c1cccc(Cl)c1Cl. The van der Waals surface area contributed by atoms with Gasteiger partial charge in [0.1, 0.15) is 12.4 Å². The zero-order chi connectivity index (χ0) is 15.2. The summed E-state index contributed by atoms with van der Waals surface area (Å²) >= 11 is 12.1. The van der Waals surface area contributed by atoms with E-state index >= 15 is 0 Å². The Morgan fingerprint density at radius 3 is 2.48 bits per heavy atom. The molecule has 0 aliphatic carbocycles. The van der Waals surface area contributed by atoms with Crippen LogP contribution >= 0.6 is 23.2 Å². The summed E-state index contributed by atoms with van der Waals surface area (Å²) < 4.78 is 10.5. The van der Waals surface area contributed by atoms with Crippen molar-refractivity contribution in [2.75, 3.05) is 20.3 Å². The van der Waals surface area contributed by atoms with E-state index in [1.807, 2.05) is 0 Å². The van der Waals surface area contributed by atoms with Gasteiger partial charge in [0, 0.05) is 12.7 Å². The number of hydrogen-bond donors (Lipinski definition) is 0. The topological polar surface area (TPSA) is 35.5 Å². The third-order valence-corrected chi connectivity index (χ3v) is 3.69. The zero-order valence-electron chi connectivity index (χ0n) is 11.4. The summed E-state index contributed by atoms with van der Waals surface area (Å²) in [4.78, 5) is 12.6. The van der Waals surface area contributed by atoms with Crippen molar-refractivity contribution >= 4 is 29.0 Å². The van der Waals surface area contributed by atoms with E-state index in [0.717, 1.165) is 0 Å². The van der Waals surface area contributed by atoms with Gasteiger partial charge in [-0.1, -0.05) is 41.4 Å². The van der Waals surface area contributed by atoms with E-state index in [1.165, 1.54) is 0 Å². The van der Waals surface area contributed by atoms with Crippen LogP contribution in [-0.2, 0) is 4.74 Å². The number of ketones is 1. The first-order valence-electron chi connectivity index (χ1n) is 6.34. The molecule has 0 fully saturated rings. The predicted molar refractivity (Wildman–Crippen MR) is 83.7 cm³/mol. The van der Waals surface area contributed by atoms with Crippen molar-refractivity contribution in [1.82, 2.24) is 0 Å². The largest absolute Gasteiger partial charge is 0.490 e. The van der Waals surface area contributed by atoms with Gasteiger partial charge < -0.3 is 9.47 Å². The number of hydrogen-bond acceptors (Lipinski definition) is 3. The van der Waals surface area contributed by atoms with E-state index in [-0.39, 0.29) is 10.8 Å².